The van der Waals surface area contributed by atoms with Gasteiger partial charge in [-0.15, -0.1) is 0 Å². The number of hydrogen-bond donors (Lipinski definition) is 3. The van der Waals surface area contributed by atoms with Gasteiger partial charge in [-0.3, -0.25) is 4.68 Å². The normalized spacial score (nSPS) is 16.1. The zero-order valence-corrected chi connectivity index (χ0v) is 10.4. The fourth-order valence-electron chi connectivity index (χ4n) is 1.67. The van der Waals surface area contributed by atoms with Crippen LogP contribution in [0.3, 0.4) is 0 Å². The van der Waals surface area contributed by atoms with Gasteiger partial charge in [-0.1, -0.05) is 0 Å². The lowest BCUT2D eigenvalue weighted by Crippen LogP contribution is -2.47. The first-order chi connectivity index (χ1) is 8.44. The summed E-state index contributed by atoms with van der Waals surface area (Å²) in [5, 5.41) is 18.1. The Balaban J connectivity index is 1.86. The zero-order valence-electron chi connectivity index (χ0n) is 10.4. The average molecular weight is 252 g/mol. The Morgan fingerprint density at radius 2 is 2.22 bits per heavy atom. The van der Waals surface area contributed by atoms with Crippen molar-refractivity contribution in [3.8, 4) is 0 Å². The Morgan fingerprint density at radius 1 is 1.56 bits per heavy atom. The molecule has 1 fully saturated rings. The predicted molar refractivity (Wildman–Crippen MR) is 62.9 cm³/mol. The fraction of sp³-hybridized carbons (Fsp3) is 0.545. The van der Waals surface area contributed by atoms with Crippen LogP contribution in [0.15, 0.2) is 6.20 Å². The summed E-state index contributed by atoms with van der Waals surface area (Å²) in [6, 6.07) is -0.460. The number of carboxylic acid groups (broad SMARTS) is 1. The Kier molecular flexibility index (Phi) is 2.98. The van der Waals surface area contributed by atoms with Crippen LogP contribution >= 0.6 is 0 Å². The lowest BCUT2D eigenvalue weighted by Gasteiger charge is -2.13. The minimum atomic E-state index is -1.05. The molecule has 1 aliphatic rings. The quantitative estimate of drug-likeness (QED) is 0.710. The van der Waals surface area contributed by atoms with Gasteiger partial charge in [0, 0.05) is 24.8 Å². The predicted octanol–water partition coefficient (Wildman–Crippen LogP) is 0.145. The van der Waals surface area contributed by atoms with Gasteiger partial charge >= 0.3 is 12.0 Å². The minimum Gasteiger partial charge on any atom is -0.480 e. The van der Waals surface area contributed by atoms with E-state index in [2.05, 4.69) is 15.7 Å². The first-order valence-corrected chi connectivity index (χ1v) is 5.71. The van der Waals surface area contributed by atoms with Gasteiger partial charge in [-0.05, 0) is 19.8 Å². The molecule has 0 unspecified atom stereocenters. The van der Waals surface area contributed by atoms with Gasteiger partial charge in [0.2, 0.25) is 0 Å². The van der Waals surface area contributed by atoms with E-state index in [1.165, 1.54) is 0 Å². The number of rotatable bonds is 4. The summed E-state index contributed by atoms with van der Waals surface area (Å²) in [4.78, 5) is 22.5. The Hall–Kier alpha value is -2.05. The number of nitrogens with zero attached hydrogens (tertiary/aromatic N) is 2. The molecular weight excluding hydrogens is 236 g/mol. The number of amides is 2. The van der Waals surface area contributed by atoms with E-state index in [4.69, 9.17) is 5.11 Å². The largest absolute Gasteiger partial charge is 0.480 e. The first kappa shape index (κ1) is 12.4. The van der Waals surface area contributed by atoms with Crippen LogP contribution < -0.4 is 10.6 Å². The van der Waals surface area contributed by atoms with Gasteiger partial charge in [0.25, 0.3) is 0 Å². The number of hydrogen-bond acceptors (Lipinski definition) is 3. The van der Waals surface area contributed by atoms with Crippen molar-refractivity contribution in [1.29, 1.82) is 0 Å². The van der Waals surface area contributed by atoms with E-state index in [1.54, 1.807) is 10.9 Å². The van der Waals surface area contributed by atoms with Gasteiger partial charge in [-0.25, -0.2) is 9.59 Å². The molecule has 1 saturated carbocycles. The molecule has 0 radical (unpaired) electrons. The lowest BCUT2D eigenvalue weighted by atomic mass is 10.2. The summed E-state index contributed by atoms with van der Waals surface area (Å²) in [7, 11) is 1.82. The summed E-state index contributed by atoms with van der Waals surface area (Å²) in [5.41, 5.74) is 0.830. The highest BCUT2D eigenvalue weighted by atomic mass is 16.4. The Labute approximate surface area is 104 Å². The molecule has 0 spiro atoms. The van der Waals surface area contributed by atoms with E-state index in [1.807, 2.05) is 14.0 Å². The molecule has 7 heteroatoms. The van der Waals surface area contributed by atoms with E-state index in [-0.39, 0.29) is 0 Å². The number of carbonyl (C=O) groups excluding carboxylic acids is 1. The van der Waals surface area contributed by atoms with E-state index < -0.39 is 17.5 Å². The molecule has 1 aliphatic carbocycles. The first-order valence-electron chi connectivity index (χ1n) is 5.71. The molecule has 0 aromatic carbocycles. The standard InChI is InChI=1S/C11H16N4O3/c1-7-8(6-13-15(7)2)5-12-10(18)14-11(3-4-11)9(16)17/h6H,3-5H2,1-2H3,(H,16,17)(H2,12,14,18). The number of nitrogens with one attached hydrogen (secondary N) is 2. The SMILES string of the molecule is Cc1c(CNC(=O)NC2(C(=O)O)CC2)cnn1C. The summed E-state index contributed by atoms with van der Waals surface area (Å²) < 4.78 is 1.72. The molecule has 7 nitrogen and oxygen atoms in total. The molecule has 2 rings (SSSR count). The smallest absolute Gasteiger partial charge is 0.329 e. The molecular formula is C11H16N4O3. The summed E-state index contributed by atoms with van der Waals surface area (Å²) in [6.07, 6.45) is 2.66. The van der Waals surface area contributed by atoms with Crippen LogP contribution in [-0.2, 0) is 18.4 Å². The summed E-state index contributed by atoms with van der Waals surface area (Å²) in [5.74, 6) is -0.977. The molecule has 0 saturated heterocycles. The van der Waals surface area contributed by atoms with E-state index >= 15 is 0 Å². The summed E-state index contributed by atoms with van der Waals surface area (Å²) >= 11 is 0. The lowest BCUT2D eigenvalue weighted by molar-refractivity contribution is -0.140. The molecule has 1 aromatic rings. The maximum Gasteiger partial charge on any atom is 0.329 e. The number of urea groups is 1. The van der Waals surface area contributed by atoms with Crippen molar-refractivity contribution in [1.82, 2.24) is 20.4 Å². The molecule has 98 valence electrons. The van der Waals surface area contributed by atoms with E-state index in [0.29, 0.717) is 19.4 Å². The second-order valence-electron chi connectivity index (χ2n) is 4.57. The van der Waals surface area contributed by atoms with Crippen LogP contribution in [0.25, 0.3) is 0 Å². The molecule has 3 N–H and O–H groups in total. The van der Waals surface area contributed by atoms with Crippen LogP contribution in [0.5, 0.6) is 0 Å². The number of aryl methyl sites for hydroxylation is 1. The number of carbonyl (C=O) groups is 2. The third-order valence-corrected chi connectivity index (χ3v) is 3.29. The highest BCUT2D eigenvalue weighted by Crippen LogP contribution is 2.35. The maximum atomic E-state index is 11.6. The van der Waals surface area contributed by atoms with Gasteiger partial charge in [-0.2, -0.15) is 5.10 Å². The van der Waals surface area contributed by atoms with Crippen LogP contribution in [0.4, 0.5) is 4.79 Å². The average Bonchev–Trinajstić information content (AvgIpc) is 3.02. The molecule has 0 atom stereocenters. The van der Waals surface area contributed by atoms with Gasteiger partial charge in [0.15, 0.2) is 0 Å². The van der Waals surface area contributed by atoms with Crippen molar-refractivity contribution < 1.29 is 14.7 Å². The third kappa shape index (κ3) is 2.29. The van der Waals surface area contributed by atoms with Crippen LogP contribution in [-0.4, -0.2) is 32.4 Å². The molecule has 2 amide bonds. The van der Waals surface area contributed by atoms with Crippen LogP contribution in [0.1, 0.15) is 24.1 Å². The number of carboxylic acids is 1. The van der Waals surface area contributed by atoms with Crippen molar-refractivity contribution >= 4 is 12.0 Å². The maximum absolute atomic E-state index is 11.6. The van der Waals surface area contributed by atoms with Gasteiger partial charge in [0.1, 0.15) is 5.54 Å². The molecule has 0 aliphatic heterocycles. The number of aliphatic carboxylic acids is 1. The second kappa shape index (κ2) is 4.32. The molecule has 18 heavy (non-hydrogen) atoms. The second-order valence-corrected chi connectivity index (χ2v) is 4.57. The highest BCUT2D eigenvalue weighted by molar-refractivity contribution is 5.88. The van der Waals surface area contributed by atoms with Gasteiger partial charge in [0.05, 0.1) is 6.20 Å². The van der Waals surface area contributed by atoms with Gasteiger partial charge < -0.3 is 15.7 Å². The van der Waals surface area contributed by atoms with Crippen molar-refractivity contribution in [3.63, 3.8) is 0 Å². The molecule has 0 bridgehead atoms. The van der Waals surface area contributed by atoms with Crippen LogP contribution in [0.2, 0.25) is 0 Å². The zero-order chi connectivity index (χ0) is 13.3. The van der Waals surface area contributed by atoms with Crippen molar-refractivity contribution in [2.45, 2.75) is 31.8 Å². The van der Waals surface area contributed by atoms with Crippen molar-refractivity contribution in [2.24, 2.45) is 7.05 Å². The minimum absolute atomic E-state index is 0.335. The van der Waals surface area contributed by atoms with E-state index in [0.717, 1.165) is 11.3 Å². The Morgan fingerprint density at radius 3 is 2.67 bits per heavy atom. The Bertz CT molecular complexity index is 490. The highest BCUT2D eigenvalue weighted by Gasteiger charge is 2.51. The third-order valence-electron chi connectivity index (χ3n) is 3.29. The van der Waals surface area contributed by atoms with Crippen molar-refractivity contribution in [3.05, 3.63) is 17.5 Å². The monoisotopic (exact) mass is 252 g/mol. The van der Waals surface area contributed by atoms with Crippen molar-refractivity contribution in [2.75, 3.05) is 0 Å². The summed E-state index contributed by atoms with van der Waals surface area (Å²) in [6.45, 7) is 2.24. The fourth-order valence-corrected chi connectivity index (χ4v) is 1.67. The topological polar surface area (TPSA) is 96.2 Å². The molecule has 1 heterocycles. The number of aromatic nitrogens is 2. The molecule has 1 aromatic heterocycles. The van der Waals surface area contributed by atoms with Crippen LogP contribution in [0, 0.1) is 6.92 Å². The van der Waals surface area contributed by atoms with E-state index in [9.17, 15) is 9.59 Å².